The maximum Gasteiger partial charge on any atom is 0.308 e. The first-order valence-corrected chi connectivity index (χ1v) is 5.46. The van der Waals surface area contributed by atoms with Crippen molar-refractivity contribution in [1.29, 1.82) is 0 Å². The monoisotopic (exact) mass is 218 g/mol. The fourth-order valence-corrected chi connectivity index (χ4v) is 1.53. The van der Waals surface area contributed by atoms with Gasteiger partial charge in [0.2, 0.25) is 0 Å². The topological polar surface area (TPSA) is 26.3 Å². The van der Waals surface area contributed by atoms with E-state index in [2.05, 4.69) is 11.3 Å². The highest BCUT2D eigenvalue weighted by Gasteiger charge is 2.13. The zero-order valence-corrected chi connectivity index (χ0v) is 9.90. The van der Waals surface area contributed by atoms with Crippen molar-refractivity contribution >= 4 is 11.5 Å². The van der Waals surface area contributed by atoms with Crippen LogP contribution in [0.15, 0.2) is 36.9 Å². The standard InChI is InChI=1S/C14H18O2/c1-11(13-7-5-4-6-8-13)9-10-12(2)14(15)16-3/h4-8,12H,1,9-10H2,2-3H3. The van der Waals surface area contributed by atoms with E-state index in [9.17, 15) is 4.79 Å². The van der Waals surface area contributed by atoms with Crippen LogP contribution in [0.25, 0.3) is 5.57 Å². The van der Waals surface area contributed by atoms with Gasteiger partial charge in [-0.2, -0.15) is 0 Å². The summed E-state index contributed by atoms with van der Waals surface area (Å²) in [6, 6.07) is 10.0. The summed E-state index contributed by atoms with van der Waals surface area (Å²) in [6.07, 6.45) is 1.60. The van der Waals surface area contributed by atoms with E-state index in [0.717, 1.165) is 24.0 Å². The average molecular weight is 218 g/mol. The molecule has 1 unspecified atom stereocenters. The molecule has 86 valence electrons. The predicted molar refractivity (Wildman–Crippen MR) is 65.9 cm³/mol. The summed E-state index contributed by atoms with van der Waals surface area (Å²) < 4.78 is 4.68. The molecule has 0 heterocycles. The van der Waals surface area contributed by atoms with Crippen molar-refractivity contribution in [3.05, 3.63) is 42.5 Å². The first-order valence-electron chi connectivity index (χ1n) is 5.46. The first-order chi connectivity index (χ1) is 7.65. The smallest absolute Gasteiger partial charge is 0.308 e. The molecule has 0 aliphatic heterocycles. The molecule has 2 heteroatoms. The largest absolute Gasteiger partial charge is 0.469 e. The summed E-state index contributed by atoms with van der Waals surface area (Å²) in [6.45, 7) is 5.91. The van der Waals surface area contributed by atoms with Gasteiger partial charge in [-0.3, -0.25) is 4.79 Å². The van der Waals surface area contributed by atoms with Crippen LogP contribution in [-0.4, -0.2) is 13.1 Å². The summed E-state index contributed by atoms with van der Waals surface area (Å²) in [4.78, 5) is 11.2. The molecular formula is C14H18O2. The van der Waals surface area contributed by atoms with Gasteiger partial charge in [0.05, 0.1) is 13.0 Å². The van der Waals surface area contributed by atoms with Crippen LogP contribution in [0, 0.1) is 5.92 Å². The SMILES string of the molecule is C=C(CCC(C)C(=O)OC)c1ccccc1. The zero-order chi connectivity index (χ0) is 12.0. The molecule has 0 bridgehead atoms. The second-order valence-corrected chi connectivity index (χ2v) is 3.93. The minimum Gasteiger partial charge on any atom is -0.469 e. The van der Waals surface area contributed by atoms with Crippen molar-refractivity contribution in [2.24, 2.45) is 5.92 Å². The number of carbonyl (C=O) groups excluding carboxylic acids is 1. The van der Waals surface area contributed by atoms with Crippen LogP contribution in [0.1, 0.15) is 25.3 Å². The number of rotatable bonds is 5. The van der Waals surface area contributed by atoms with Crippen LogP contribution < -0.4 is 0 Å². The normalized spacial score (nSPS) is 11.9. The molecule has 0 fully saturated rings. The first kappa shape index (κ1) is 12.5. The number of hydrogen-bond donors (Lipinski definition) is 0. The molecule has 2 nitrogen and oxygen atoms in total. The van der Waals surface area contributed by atoms with Crippen molar-refractivity contribution in [1.82, 2.24) is 0 Å². The third-order valence-corrected chi connectivity index (χ3v) is 2.66. The fraction of sp³-hybridized carbons (Fsp3) is 0.357. The summed E-state index contributed by atoms with van der Waals surface area (Å²) in [5, 5.41) is 0. The zero-order valence-electron chi connectivity index (χ0n) is 9.90. The molecule has 0 aliphatic carbocycles. The molecule has 1 rings (SSSR count). The van der Waals surface area contributed by atoms with Gasteiger partial charge in [0.25, 0.3) is 0 Å². The van der Waals surface area contributed by atoms with Gasteiger partial charge in [0.1, 0.15) is 0 Å². The van der Waals surface area contributed by atoms with Crippen LogP contribution in [0.2, 0.25) is 0 Å². The van der Waals surface area contributed by atoms with Gasteiger partial charge in [-0.15, -0.1) is 0 Å². The van der Waals surface area contributed by atoms with Gasteiger partial charge in [-0.25, -0.2) is 0 Å². The van der Waals surface area contributed by atoms with Crippen molar-refractivity contribution in [3.8, 4) is 0 Å². The molecule has 1 atom stereocenters. The number of allylic oxidation sites excluding steroid dienone is 1. The maximum atomic E-state index is 11.2. The number of methoxy groups -OCH3 is 1. The Bertz CT molecular complexity index is 354. The second kappa shape index (κ2) is 6.11. The molecule has 0 saturated carbocycles. The van der Waals surface area contributed by atoms with Crippen molar-refractivity contribution in [2.45, 2.75) is 19.8 Å². The molecule has 0 amide bonds. The fourth-order valence-electron chi connectivity index (χ4n) is 1.53. The van der Waals surface area contributed by atoms with Crippen LogP contribution in [-0.2, 0) is 9.53 Å². The Morgan fingerprint density at radius 1 is 1.38 bits per heavy atom. The highest BCUT2D eigenvalue weighted by molar-refractivity contribution is 5.72. The molecule has 0 saturated heterocycles. The van der Waals surface area contributed by atoms with Gasteiger partial charge in [0, 0.05) is 0 Å². The predicted octanol–water partition coefficient (Wildman–Crippen LogP) is 3.29. The van der Waals surface area contributed by atoms with Gasteiger partial charge in [-0.1, -0.05) is 43.8 Å². The lowest BCUT2D eigenvalue weighted by Gasteiger charge is -2.10. The third-order valence-electron chi connectivity index (χ3n) is 2.66. The highest BCUT2D eigenvalue weighted by Crippen LogP contribution is 2.20. The second-order valence-electron chi connectivity index (χ2n) is 3.93. The van der Waals surface area contributed by atoms with Crippen LogP contribution in [0.4, 0.5) is 0 Å². The lowest BCUT2D eigenvalue weighted by molar-refractivity contribution is -0.144. The molecule has 16 heavy (non-hydrogen) atoms. The van der Waals surface area contributed by atoms with Gasteiger partial charge in [0.15, 0.2) is 0 Å². The van der Waals surface area contributed by atoms with Crippen molar-refractivity contribution in [2.75, 3.05) is 7.11 Å². The summed E-state index contributed by atoms with van der Waals surface area (Å²) in [7, 11) is 1.42. The lowest BCUT2D eigenvalue weighted by atomic mass is 9.97. The summed E-state index contributed by atoms with van der Waals surface area (Å²) in [5.41, 5.74) is 2.20. The van der Waals surface area contributed by atoms with E-state index in [0.29, 0.717) is 0 Å². The number of ether oxygens (including phenoxy) is 1. The number of carbonyl (C=O) groups is 1. The molecule has 1 aromatic rings. The van der Waals surface area contributed by atoms with E-state index in [1.165, 1.54) is 7.11 Å². The van der Waals surface area contributed by atoms with E-state index in [-0.39, 0.29) is 11.9 Å². The van der Waals surface area contributed by atoms with Crippen LogP contribution in [0.3, 0.4) is 0 Å². The Morgan fingerprint density at radius 2 is 2.00 bits per heavy atom. The third kappa shape index (κ3) is 3.54. The molecular weight excluding hydrogens is 200 g/mol. The van der Waals surface area contributed by atoms with Crippen LogP contribution >= 0.6 is 0 Å². The quantitative estimate of drug-likeness (QED) is 0.709. The number of benzene rings is 1. The van der Waals surface area contributed by atoms with Crippen molar-refractivity contribution < 1.29 is 9.53 Å². The minimum atomic E-state index is -0.152. The Labute approximate surface area is 96.9 Å². The Morgan fingerprint density at radius 3 is 2.56 bits per heavy atom. The summed E-state index contributed by atoms with van der Waals surface area (Å²) in [5.74, 6) is -0.216. The summed E-state index contributed by atoms with van der Waals surface area (Å²) >= 11 is 0. The molecule has 0 N–H and O–H groups in total. The van der Waals surface area contributed by atoms with E-state index in [1.54, 1.807) is 0 Å². The van der Waals surface area contributed by atoms with E-state index >= 15 is 0 Å². The minimum absolute atomic E-state index is 0.0644. The van der Waals surface area contributed by atoms with E-state index in [4.69, 9.17) is 0 Å². The molecule has 0 aromatic heterocycles. The highest BCUT2D eigenvalue weighted by atomic mass is 16.5. The van der Waals surface area contributed by atoms with E-state index in [1.807, 2.05) is 37.3 Å². The van der Waals surface area contributed by atoms with Crippen LogP contribution in [0.5, 0.6) is 0 Å². The van der Waals surface area contributed by atoms with Crippen molar-refractivity contribution in [3.63, 3.8) is 0 Å². The average Bonchev–Trinajstić information content (AvgIpc) is 2.35. The molecule has 0 spiro atoms. The van der Waals surface area contributed by atoms with E-state index < -0.39 is 0 Å². The van der Waals surface area contributed by atoms with Gasteiger partial charge >= 0.3 is 5.97 Å². The number of esters is 1. The Hall–Kier alpha value is -1.57. The molecule has 0 radical (unpaired) electrons. The number of hydrogen-bond acceptors (Lipinski definition) is 2. The van der Waals surface area contributed by atoms with Gasteiger partial charge in [-0.05, 0) is 24.0 Å². The van der Waals surface area contributed by atoms with Gasteiger partial charge < -0.3 is 4.74 Å². The molecule has 1 aromatic carbocycles. The molecule has 0 aliphatic rings. The Balaban J connectivity index is 2.45. The lowest BCUT2D eigenvalue weighted by Crippen LogP contribution is -2.12. The maximum absolute atomic E-state index is 11.2. The Kier molecular flexibility index (Phi) is 4.77.